The average Bonchev–Trinajstić information content (AvgIpc) is 3.15. The van der Waals surface area contributed by atoms with E-state index in [1.54, 1.807) is 35.3 Å². The van der Waals surface area contributed by atoms with Crippen LogP contribution in [0, 0.1) is 0 Å². The molecule has 0 bridgehead atoms. The lowest BCUT2D eigenvalue weighted by Crippen LogP contribution is -2.14. The zero-order valence-electron chi connectivity index (χ0n) is 13.7. The molecular weight excluding hydrogens is 375 g/mol. The van der Waals surface area contributed by atoms with E-state index in [0.29, 0.717) is 40.9 Å². The standard InChI is InChI=1S/C18H16Cl2N4O2/c19-13-7-8-17(14(20)12-13)26-11-3-6-18(25)22-15-4-1-2-5-16(15)24-10-9-21-23-24/h1-2,4-5,7-10,12H,3,6,11H2,(H,22,25). The molecule has 1 N–H and O–H groups in total. The lowest BCUT2D eigenvalue weighted by Gasteiger charge is -2.11. The number of amides is 1. The number of benzene rings is 2. The summed E-state index contributed by atoms with van der Waals surface area (Å²) in [5.41, 5.74) is 1.42. The van der Waals surface area contributed by atoms with E-state index in [4.69, 9.17) is 27.9 Å². The number of halogens is 2. The van der Waals surface area contributed by atoms with Crippen LogP contribution in [0.15, 0.2) is 54.9 Å². The lowest BCUT2D eigenvalue weighted by atomic mass is 10.2. The molecule has 0 unspecified atom stereocenters. The Hall–Kier alpha value is -2.57. The number of nitrogens with zero attached hydrogens (tertiary/aromatic N) is 3. The fourth-order valence-electron chi connectivity index (χ4n) is 2.34. The first-order valence-electron chi connectivity index (χ1n) is 7.97. The molecule has 0 radical (unpaired) electrons. The van der Waals surface area contributed by atoms with E-state index < -0.39 is 0 Å². The fourth-order valence-corrected chi connectivity index (χ4v) is 2.80. The first kappa shape index (κ1) is 18.2. The van der Waals surface area contributed by atoms with E-state index in [0.717, 1.165) is 5.69 Å². The smallest absolute Gasteiger partial charge is 0.224 e. The number of rotatable bonds is 7. The van der Waals surface area contributed by atoms with E-state index in [1.807, 2.05) is 24.3 Å². The molecule has 1 amide bonds. The quantitative estimate of drug-likeness (QED) is 0.608. The second kappa shape index (κ2) is 8.69. The van der Waals surface area contributed by atoms with E-state index in [9.17, 15) is 4.79 Å². The minimum Gasteiger partial charge on any atom is -0.492 e. The zero-order valence-corrected chi connectivity index (χ0v) is 15.2. The minimum absolute atomic E-state index is 0.108. The number of carbonyl (C=O) groups is 1. The summed E-state index contributed by atoms with van der Waals surface area (Å²) in [6.07, 6.45) is 4.17. The van der Waals surface area contributed by atoms with Gasteiger partial charge in [0.25, 0.3) is 0 Å². The molecule has 1 aromatic heterocycles. The molecule has 3 aromatic rings. The summed E-state index contributed by atoms with van der Waals surface area (Å²) in [5.74, 6) is 0.441. The number of hydrogen-bond acceptors (Lipinski definition) is 4. The molecule has 0 saturated heterocycles. The molecule has 0 aliphatic carbocycles. The number of carbonyl (C=O) groups excluding carboxylic acids is 1. The van der Waals surface area contributed by atoms with Crippen molar-refractivity contribution in [2.75, 3.05) is 11.9 Å². The largest absolute Gasteiger partial charge is 0.492 e. The molecular formula is C18H16Cl2N4O2. The second-order valence-corrected chi connectivity index (χ2v) is 6.28. The summed E-state index contributed by atoms with van der Waals surface area (Å²) < 4.78 is 7.18. The fraction of sp³-hybridized carbons (Fsp3) is 0.167. The van der Waals surface area contributed by atoms with Gasteiger partial charge < -0.3 is 10.1 Å². The van der Waals surface area contributed by atoms with Crippen LogP contribution in [0.4, 0.5) is 5.69 Å². The zero-order chi connectivity index (χ0) is 18.4. The highest BCUT2D eigenvalue weighted by Crippen LogP contribution is 2.27. The Bertz CT molecular complexity index is 885. The average molecular weight is 391 g/mol. The molecule has 0 aliphatic heterocycles. The predicted octanol–water partition coefficient (Wildman–Crippen LogP) is 4.37. The molecule has 0 spiro atoms. The number of para-hydroxylation sites is 2. The van der Waals surface area contributed by atoms with Crippen LogP contribution in [0.3, 0.4) is 0 Å². The van der Waals surface area contributed by atoms with Crippen LogP contribution in [0.1, 0.15) is 12.8 Å². The maximum absolute atomic E-state index is 12.2. The highest BCUT2D eigenvalue weighted by atomic mass is 35.5. The third kappa shape index (κ3) is 4.74. The normalized spacial score (nSPS) is 10.5. The topological polar surface area (TPSA) is 69.0 Å². The highest BCUT2D eigenvalue weighted by Gasteiger charge is 2.09. The van der Waals surface area contributed by atoms with Crippen molar-refractivity contribution in [1.29, 1.82) is 0 Å². The summed E-state index contributed by atoms with van der Waals surface area (Å²) in [6, 6.07) is 12.4. The van der Waals surface area contributed by atoms with Crippen molar-refractivity contribution in [3.05, 3.63) is 64.9 Å². The van der Waals surface area contributed by atoms with Gasteiger partial charge >= 0.3 is 0 Å². The van der Waals surface area contributed by atoms with E-state index in [2.05, 4.69) is 15.6 Å². The number of anilines is 1. The van der Waals surface area contributed by atoms with Gasteiger partial charge in [0, 0.05) is 11.4 Å². The summed E-state index contributed by atoms with van der Waals surface area (Å²) in [7, 11) is 0. The lowest BCUT2D eigenvalue weighted by molar-refractivity contribution is -0.116. The Kier molecular flexibility index (Phi) is 6.09. The Morgan fingerprint density at radius 3 is 2.81 bits per heavy atom. The molecule has 0 aliphatic rings. The Labute approximate surface area is 160 Å². The molecule has 2 aromatic carbocycles. The molecule has 134 valence electrons. The molecule has 26 heavy (non-hydrogen) atoms. The van der Waals surface area contributed by atoms with Crippen molar-refractivity contribution < 1.29 is 9.53 Å². The van der Waals surface area contributed by atoms with Gasteiger partial charge in [0.05, 0.1) is 35.4 Å². The van der Waals surface area contributed by atoms with Crippen LogP contribution >= 0.6 is 23.2 Å². The van der Waals surface area contributed by atoms with Gasteiger partial charge in [-0.05, 0) is 36.8 Å². The number of nitrogens with one attached hydrogen (secondary N) is 1. The van der Waals surface area contributed by atoms with Gasteiger partial charge in [-0.15, -0.1) is 5.10 Å². The molecule has 8 heteroatoms. The van der Waals surface area contributed by atoms with Crippen LogP contribution < -0.4 is 10.1 Å². The number of hydrogen-bond donors (Lipinski definition) is 1. The van der Waals surface area contributed by atoms with Crippen LogP contribution in [0.25, 0.3) is 5.69 Å². The van der Waals surface area contributed by atoms with Gasteiger partial charge in [-0.1, -0.05) is 40.5 Å². The Balaban J connectivity index is 1.51. The van der Waals surface area contributed by atoms with Gasteiger partial charge in [0.1, 0.15) is 5.75 Å². The van der Waals surface area contributed by atoms with Crippen molar-refractivity contribution >= 4 is 34.8 Å². The highest BCUT2D eigenvalue weighted by molar-refractivity contribution is 6.35. The molecule has 0 atom stereocenters. The van der Waals surface area contributed by atoms with Crippen LogP contribution in [-0.2, 0) is 4.79 Å². The van der Waals surface area contributed by atoms with Gasteiger partial charge in [-0.25, -0.2) is 4.68 Å². The maximum Gasteiger partial charge on any atom is 0.224 e. The van der Waals surface area contributed by atoms with Crippen LogP contribution in [0.5, 0.6) is 5.75 Å². The van der Waals surface area contributed by atoms with Gasteiger partial charge in [-0.3, -0.25) is 4.79 Å². The monoisotopic (exact) mass is 390 g/mol. The number of aromatic nitrogens is 3. The van der Waals surface area contributed by atoms with Gasteiger partial charge in [0.2, 0.25) is 5.91 Å². The van der Waals surface area contributed by atoms with Crippen molar-refractivity contribution in [2.24, 2.45) is 0 Å². The van der Waals surface area contributed by atoms with Crippen molar-refractivity contribution in [3.63, 3.8) is 0 Å². The third-order valence-corrected chi connectivity index (χ3v) is 4.08. The van der Waals surface area contributed by atoms with Gasteiger partial charge in [-0.2, -0.15) is 0 Å². The molecule has 1 heterocycles. The first-order valence-corrected chi connectivity index (χ1v) is 8.72. The molecule has 0 fully saturated rings. The number of ether oxygens (including phenoxy) is 1. The first-order chi connectivity index (χ1) is 12.6. The van der Waals surface area contributed by atoms with E-state index in [1.165, 1.54) is 0 Å². The van der Waals surface area contributed by atoms with Crippen molar-refractivity contribution in [2.45, 2.75) is 12.8 Å². The molecule has 0 saturated carbocycles. The summed E-state index contributed by atoms with van der Waals surface area (Å²) in [4.78, 5) is 12.2. The van der Waals surface area contributed by atoms with E-state index >= 15 is 0 Å². The minimum atomic E-state index is -0.108. The maximum atomic E-state index is 12.2. The molecule has 6 nitrogen and oxygen atoms in total. The Morgan fingerprint density at radius 1 is 1.19 bits per heavy atom. The van der Waals surface area contributed by atoms with Crippen molar-refractivity contribution in [3.8, 4) is 11.4 Å². The third-order valence-electron chi connectivity index (χ3n) is 3.55. The summed E-state index contributed by atoms with van der Waals surface area (Å²) in [5, 5.41) is 11.6. The summed E-state index contributed by atoms with van der Waals surface area (Å²) in [6.45, 7) is 0.374. The van der Waals surface area contributed by atoms with Crippen LogP contribution in [0.2, 0.25) is 10.0 Å². The van der Waals surface area contributed by atoms with Gasteiger partial charge in [0.15, 0.2) is 0 Å². The molecule has 3 rings (SSSR count). The summed E-state index contributed by atoms with van der Waals surface area (Å²) >= 11 is 11.9. The Morgan fingerprint density at radius 2 is 2.04 bits per heavy atom. The van der Waals surface area contributed by atoms with E-state index in [-0.39, 0.29) is 5.91 Å². The second-order valence-electron chi connectivity index (χ2n) is 5.44. The van der Waals surface area contributed by atoms with Crippen molar-refractivity contribution in [1.82, 2.24) is 15.0 Å². The van der Waals surface area contributed by atoms with Crippen LogP contribution in [-0.4, -0.2) is 27.5 Å². The SMILES string of the molecule is O=C(CCCOc1ccc(Cl)cc1Cl)Nc1ccccc1-n1ccnn1. The predicted molar refractivity (Wildman–Crippen MR) is 101 cm³/mol.